The standard InChI is InChI=1S/C9H10N4O/c1-5(2)6-3-10-12-7-4-11-13-9(14)8(6)7/h3-5H,1-2H3,(H,13,14). The first kappa shape index (κ1) is 8.80. The predicted molar refractivity (Wildman–Crippen MR) is 52.0 cm³/mol. The molecular formula is C9H10N4O. The van der Waals surface area contributed by atoms with Gasteiger partial charge in [-0.2, -0.15) is 10.2 Å². The quantitative estimate of drug-likeness (QED) is 0.723. The van der Waals surface area contributed by atoms with Crippen molar-refractivity contribution in [3.05, 3.63) is 28.3 Å². The van der Waals surface area contributed by atoms with Crippen LogP contribution in [0.25, 0.3) is 10.9 Å². The van der Waals surface area contributed by atoms with Crippen LogP contribution in [0, 0.1) is 0 Å². The van der Waals surface area contributed by atoms with Gasteiger partial charge in [0.1, 0.15) is 5.52 Å². The van der Waals surface area contributed by atoms with Crippen LogP contribution in [-0.2, 0) is 0 Å². The van der Waals surface area contributed by atoms with E-state index in [1.54, 1.807) is 6.20 Å². The average molecular weight is 190 g/mol. The summed E-state index contributed by atoms with van der Waals surface area (Å²) in [5.74, 6) is 0.247. The molecule has 5 nitrogen and oxygen atoms in total. The summed E-state index contributed by atoms with van der Waals surface area (Å²) in [7, 11) is 0. The van der Waals surface area contributed by atoms with Gasteiger partial charge in [0, 0.05) is 0 Å². The SMILES string of the molecule is CC(C)c1cnnc2cn[nH]c(=O)c12. The van der Waals surface area contributed by atoms with E-state index < -0.39 is 0 Å². The van der Waals surface area contributed by atoms with E-state index >= 15 is 0 Å². The van der Waals surface area contributed by atoms with Crippen molar-refractivity contribution in [1.82, 2.24) is 20.4 Å². The lowest BCUT2D eigenvalue weighted by atomic mass is 10.0. The summed E-state index contributed by atoms with van der Waals surface area (Å²) in [6.45, 7) is 4.02. The highest BCUT2D eigenvalue weighted by molar-refractivity contribution is 5.79. The Hall–Kier alpha value is -1.78. The highest BCUT2D eigenvalue weighted by Crippen LogP contribution is 2.18. The molecule has 0 fully saturated rings. The van der Waals surface area contributed by atoms with E-state index in [-0.39, 0.29) is 11.5 Å². The van der Waals surface area contributed by atoms with Crippen molar-refractivity contribution in [3.8, 4) is 0 Å². The smallest absolute Gasteiger partial charge is 0.267 e. The van der Waals surface area contributed by atoms with Crippen molar-refractivity contribution in [3.63, 3.8) is 0 Å². The molecule has 0 aliphatic rings. The van der Waals surface area contributed by atoms with Gasteiger partial charge in [0.25, 0.3) is 5.56 Å². The van der Waals surface area contributed by atoms with E-state index in [1.165, 1.54) is 6.20 Å². The number of fused-ring (bicyclic) bond motifs is 1. The molecule has 2 aromatic rings. The normalized spacial score (nSPS) is 11.1. The molecule has 0 radical (unpaired) electrons. The Morgan fingerprint density at radius 1 is 1.36 bits per heavy atom. The second-order valence-electron chi connectivity index (χ2n) is 3.41. The number of nitrogens with one attached hydrogen (secondary N) is 1. The zero-order valence-corrected chi connectivity index (χ0v) is 7.98. The Morgan fingerprint density at radius 3 is 2.86 bits per heavy atom. The van der Waals surface area contributed by atoms with Gasteiger partial charge in [-0.3, -0.25) is 4.79 Å². The van der Waals surface area contributed by atoms with Gasteiger partial charge in [-0.05, 0) is 11.5 Å². The summed E-state index contributed by atoms with van der Waals surface area (Å²) in [5.41, 5.74) is 1.24. The maximum atomic E-state index is 11.5. The van der Waals surface area contributed by atoms with Crippen LogP contribution in [0.3, 0.4) is 0 Å². The molecule has 0 aliphatic carbocycles. The molecule has 14 heavy (non-hydrogen) atoms. The van der Waals surface area contributed by atoms with Crippen molar-refractivity contribution in [2.75, 3.05) is 0 Å². The molecule has 2 rings (SSSR count). The summed E-state index contributed by atoms with van der Waals surface area (Å²) in [5, 5.41) is 14.3. The van der Waals surface area contributed by atoms with Crippen LogP contribution in [0.5, 0.6) is 0 Å². The Kier molecular flexibility index (Phi) is 1.99. The Labute approximate surface area is 80.2 Å². The summed E-state index contributed by atoms with van der Waals surface area (Å²) in [4.78, 5) is 11.5. The number of aromatic nitrogens is 4. The second-order valence-corrected chi connectivity index (χ2v) is 3.41. The van der Waals surface area contributed by atoms with E-state index in [9.17, 15) is 4.79 Å². The fraction of sp³-hybridized carbons (Fsp3) is 0.333. The zero-order chi connectivity index (χ0) is 10.1. The highest BCUT2D eigenvalue weighted by atomic mass is 16.1. The molecule has 0 amide bonds. The summed E-state index contributed by atoms with van der Waals surface area (Å²) < 4.78 is 0. The van der Waals surface area contributed by atoms with Crippen LogP contribution < -0.4 is 5.56 Å². The third-order valence-corrected chi connectivity index (χ3v) is 2.11. The summed E-state index contributed by atoms with van der Waals surface area (Å²) in [6.07, 6.45) is 3.14. The molecule has 2 aromatic heterocycles. The molecule has 0 saturated heterocycles. The maximum absolute atomic E-state index is 11.5. The monoisotopic (exact) mass is 190 g/mol. The third kappa shape index (κ3) is 1.26. The fourth-order valence-corrected chi connectivity index (χ4v) is 1.40. The van der Waals surface area contributed by atoms with E-state index in [0.29, 0.717) is 10.9 Å². The van der Waals surface area contributed by atoms with Gasteiger partial charge in [0.2, 0.25) is 0 Å². The van der Waals surface area contributed by atoms with Crippen molar-refractivity contribution in [1.29, 1.82) is 0 Å². The van der Waals surface area contributed by atoms with E-state index in [0.717, 1.165) is 5.56 Å². The molecule has 0 saturated carbocycles. The number of rotatable bonds is 1. The Bertz CT molecular complexity index is 512. The number of aromatic amines is 1. The van der Waals surface area contributed by atoms with Crippen LogP contribution in [-0.4, -0.2) is 20.4 Å². The molecule has 0 bridgehead atoms. The number of nitrogens with zero attached hydrogens (tertiary/aromatic N) is 3. The van der Waals surface area contributed by atoms with Crippen LogP contribution in [0.1, 0.15) is 25.3 Å². The summed E-state index contributed by atoms with van der Waals surface area (Å²) >= 11 is 0. The van der Waals surface area contributed by atoms with E-state index in [2.05, 4.69) is 20.4 Å². The minimum absolute atomic E-state index is 0.207. The molecule has 0 spiro atoms. The van der Waals surface area contributed by atoms with Crippen LogP contribution >= 0.6 is 0 Å². The molecule has 0 aromatic carbocycles. The highest BCUT2D eigenvalue weighted by Gasteiger charge is 2.09. The molecule has 72 valence electrons. The largest absolute Gasteiger partial charge is 0.274 e. The molecular weight excluding hydrogens is 180 g/mol. The van der Waals surface area contributed by atoms with Crippen LogP contribution in [0.4, 0.5) is 0 Å². The Morgan fingerprint density at radius 2 is 2.14 bits per heavy atom. The molecule has 5 heteroatoms. The minimum Gasteiger partial charge on any atom is -0.267 e. The van der Waals surface area contributed by atoms with Gasteiger partial charge in [0.05, 0.1) is 17.8 Å². The van der Waals surface area contributed by atoms with Crippen molar-refractivity contribution < 1.29 is 0 Å². The number of hydrogen-bond acceptors (Lipinski definition) is 4. The molecule has 0 unspecified atom stereocenters. The third-order valence-electron chi connectivity index (χ3n) is 2.11. The zero-order valence-electron chi connectivity index (χ0n) is 7.98. The van der Waals surface area contributed by atoms with E-state index in [1.807, 2.05) is 13.8 Å². The molecule has 0 atom stereocenters. The predicted octanol–water partition coefficient (Wildman–Crippen LogP) is 0.837. The second kappa shape index (κ2) is 3.17. The molecule has 0 aliphatic heterocycles. The van der Waals surface area contributed by atoms with Crippen molar-refractivity contribution in [2.24, 2.45) is 0 Å². The van der Waals surface area contributed by atoms with Crippen LogP contribution in [0.15, 0.2) is 17.2 Å². The molecule has 2 heterocycles. The first-order valence-electron chi connectivity index (χ1n) is 4.39. The topological polar surface area (TPSA) is 71.5 Å². The van der Waals surface area contributed by atoms with Gasteiger partial charge >= 0.3 is 0 Å². The van der Waals surface area contributed by atoms with Gasteiger partial charge in [-0.1, -0.05) is 13.8 Å². The maximum Gasteiger partial charge on any atom is 0.274 e. The van der Waals surface area contributed by atoms with Crippen molar-refractivity contribution in [2.45, 2.75) is 19.8 Å². The summed E-state index contributed by atoms with van der Waals surface area (Å²) in [6, 6.07) is 0. The van der Waals surface area contributed by atoms with Crippen LogP contribution in [0.2, 0.25) is 0 Å². The number of H-pyrrole nitrogens is 1. The lowest BCUT2D eigenvalue weighted by Crippen LogP contribution is -2.11. The fourth-order valence-electron chi connectivity index (χ4n) is 1.40. The van der Waals surface area contributed by atoms with E-state index in [4.69, 9.17) is 0 Å². The first-order valence-corrected chi connectivity index (χ1v) is 4.39. The average Bonchev–Trinajstić information content (AvgIpc) is 2.17. The van der Waals surface area contributed by atoms with Crippen molar-refractivity contribution >= 4 is 10.9 Å². The minimum atomic E-state index is -0.207. The lowest BCUT2D eigenvalue weighted by molar-refractivity contribution is 0.851. The van der Waals surface area contributed by atoms with Gasteiger partial charge in [-0.25, -0.2) is 5.10 Å². The molecule has 1 N–H and O–H groups in total. The first-order chi connectivity index (χ1) is 6.70. The van der Waals surface area contributed by atoms with Gasteiger partial charge < -0.3 is 0 Å². The Balaban J connectivity index is 2.91. The number of hydrogen-bond donors (Lipinski definition) is 1. The van der Waals surface area contributed by atoms with Gasteiger partial charge in [0.15, 0.2) is 0 Å². The lowest BCUT2D eigenvalue weighted by Gasteiger charge is -2.05. The van der Waals surface area contributed by atoms with Gasteiger partial charge in [-0.15, -0.1) is 5.10 Å².